The van der Waals surface area contributed by atoms with Crippen LogP contribution in [-0.2, 0) is 13.2 Å². The fraction of sp³-hybridized carbons (Fsp3) is 0.130. The van der Waals surface area contributed by atoms with Gasteiger partial charge in [-0.25, -0.2) is 0 Å². The molecular formula is C23H21N3O2. The maximum absolute atomic E-state index is 8.87. The van der Waals surface area contributed by atoms with Crippen molar-refractivity contribution in [3.8, 4) is 17.6 Å². The zero-order valence-corrected chi connectivity index (χ0v) is 15.6. The van der Waals surface area contributed by atoms with Crippen molar-refractivity contribution in [1.29, 1.82) is 5.26 Å². The van der Waals surface area contributed by atoms with Crippen molar-refractivity contribution in [3.63, 3.8) is 0 Å². The van der Waals surface area contributed by atoms with E-state index in [4.69, 9.17) is 14.7 Å². The molecule has 0 spiro atoms. The topological polar surface area (TPSA) is 66.6 Å². The molecule has 3 aromatic carbocycles. The Labute approximate surface area is 164 Å². The fourth-order valence-electron chi connectivity index (χ4n) is 2.65. The van der Waals surface area contributed by atoms with E-state index in [1.807, 2.05) is 60.7 Å². The third-order valence-electron chi connectivity index (χ3n) is 4.15. The van der Waals surface area contributed by atoms with Gasteiger partial charge in [-0.1, -0.05) is 42.5 Å². The van der Waals surface area contributed by atoms with Gasteiger partial charge >= 0.3 is 0 Å². The number of benzene rings is 3. The minimum Gasteiger partial charge on any atom is -0.496 e. The fourth-order valence-corrected chi connectivity index (χ4v) is 2.65. The van der Waals surface area contributed by atoms with Gasteiger partial charge in [-0.3, -0.25) is 0 Å². The summed E-state index contributed by atoms with van der Waals surface area (Å²) >= 11 is 0. The summed E-state index contributed by atoms with van der Waals surface area (Å²) < 4.78 is 11.3. The van der Waals surface area contributed by atoms with Crippen LogP contribution >= 0.6 is 0 Å². The standard InChI is InChI=1S/C23H21N3O2/c1-27-22-8-4-2-6-20(22)15-25-26-16-21-7-3-5-9-23(21)28-17-19-12-10-18(14-24)11-13-19/h2-13,16,25H,15,17H2,1H3/b26-16-. The summed E-state index contributed by atoms with van der Waals surface area (Å²) in [6.07, 6.45) is 1.74. The van der Waals surface area contributed by atoms with Crippen molar-refractivity contribution in [2.45, 2.75) is 13.2 Å². The van der Waals surface area contributed by atoms with E-state index in [2.05, 4.69) is 16.6 Å². The molecule has 0 fully saturated rings. The molecule has 1 N–H and O–H groups in total. The molecule has 140 valence electrons. The second-order valence-electron chi connectivity index (χ2n) is 6.04. The van der Waals surface area contributed by atoms with Gasteiger partial charge in [-0.15, -0.1) is 0 Å². The molecule has 3 rings (SSSR count). The summed E-state index contributed by atoms with van der Waals surface area (Å²) in [7, 11) is 1.66. The van der Waals surface area contributed by atoms with E-state index in [9.17, 15) is 0 Å². The van der Waals surface area contributed by atoms with E-state index < -0.39 is 0 Å². The number of hydrazone groups is 1. The molecule has 0 unspecified atom stereocenters. The van der Waals surface area contributed by atoms with Gasteiger partial charge in [0, 0.05) is 11.1 Å². The summed E-state index contributed by atoms with van der Waals surface area (Å²) in [6, 6.07) is 25.0. The second kappa shape index (κ2) is 9.79. The molecule has 0 bridgehead atoms. The predicted molar refractivity (Wildman–Crippen MR) is 109 cm³/mol. The van der Waals surface area contributed by atoms with Crippen LogP contribution in [0.25, 0.3) is 0 Å². The van der Waals surface area contributed by atoms with Crippen LogP contribution in [0.15, 0.2) is 77.9 Å². The van der Waals surface area contributed by atoms with Crippen LogP contribution in [0.3, 0.4) is 0 Å². The first kappa shape index (κ1) is 19.0. The lowest BCUT2D eigenvalue weighted by molar-refractivity contribution is 0.306. The van der Waals surface area contributed by atoms with E-state index in [0.717, 1.165) is 28.2 Å². The molecule has 0 aromatic heterocycles. The van der Waals surface area contributed by atoms with Gasteiger partial charge in [-0.2, -0.15) is 10.4 Å². The van der Waals surface area contributed by atoms with Gasteiger partial charge in [0.15, 0.2) is 0 Å². The molecule has 0 saturated heterocycles. The van der Waals surface area contributed by atoms with Crippen LogP contribution in [0.1, 0.15) is 22.3 Å². The number of hydrogen-bond donors (Lipinski definition) is 1. The molecule has 0 amide bonds. The number of ether oxygens (including phenoxy) is 2. The van der Waals surface area contributed by atoms with Gasteiger partial charge in [-0.05, 0) is 35.9 Å². The lowest BCUT2D eigenvalue weighted by Gasteiger charge is -2.09. The molecule has 5 nitrogen and oxygen atoms in total. The maximum Gasteiger partial charge on any atom is 0.128 e. The lowest BCUT2D eigenvalue weighted by atomic mass is 10.1. The zero-order chi connectivity index (χ0) is 19.6. The number of nitrogens with one attached hydrogen (secondary N) is 1. The van der Waals surface area contributed by atoms with Crippen LogP contribution in [0.2, 0.25) is 0 Å². The highest BCUT2D eigenvalue weighted by Crippen LogP contribution is 2.19. The van der Waals surface area contributed by atoms with Gasteiger partial charge < -0.3 is 14.9 Å². The van der Waals surface area contributed by atoms with Gasteiger partial charge in [0.1, 0.15) is 18.1 Å². The van der Waals surface area contributed by atoms with E-state index >= 15 is 0 Å². The monoisotopic (exact) mass is 371 g/mol. The number of hydrogen-bond acceptors (Lipinski definition) is 5. The highest BCUT2D eigenvalue weighted by Gasteiger charge is 2.03. The Morgan fingerprint density at radius 2 is 1.68 bits per heavy atom. The van der Waals surface area contributed by atoms with E-state index in [-0.39, 0.29) is 0 Å². The number of methoxy groups -OCH3 is 1. The normalized spacial score (nSPS) is 10.4. The molecule has 28 heavy (non-hydrogen) atoms. The smallest absolute Gasteiger partial charge is 0.128 e. The van der Waals surface area contributed by atoms with Gasteiger partial charge in [0.05, 0.1) is 31.5 Å². The predicted octanol–water partition coefficient (Wildman–Crippen LogP) is 4.27. The molecule has 0 aliphatic carbocycles. The molecular weight excluding hydrogens is 350 g/mol. The maximum atomic E-state index is 8.87. The van der Waals surface area contributed by atoms with Crippen LogP contribution in [-0.4, -0.2) is 13.3 Å². The largest absolute Gasteiger partial charge is 0.496 e. The summed E-state index contributed by atoms with van der Waals surface area (Å²) in [5, 5.41) is 13.2. The summed E-state index contributed by atoms with van der Waals surface area (Å²) in [5.74, 6) is 1.58. The molecule has 0 saturated carbocycles. The minimum absolute atomic E-state index is 0.422. The summed E-state index contributed by atoms with van der Waals surface area (Å²) in [6.45, 7) is 0.986. The molecule has 0 heterocycles. The number of para-hydroxylation sites is 2. The molecule has 0 radical (unpaired) electrons. The van der Waals surface area contributed by atoms with Crippen molar-refractivity contribution in [1.82, 2.24) is 5.43 Å². The third kappa shape index (κ3) is 5.12. The first-order valence-corrected chi connectivity index (χ1v) is 8.89. The quantitative estimate of drug-likeness (QED) is 0.474. The van der Waals surface area contributed by atoms with E-state index in [0.29, 0.717) is 18.7 Å². The van der Waals surface area contributed by atoms with E-state index in [1.54, 1.807) is 25.5 Å². The number of nitriles is 1. The zero-order valence-electron chi connectivity index (χ0n) is 15.6. The van der Waals surface area contributed by atoms with Gasteiger partial charge in [0.2, 0.25) is 0 Å². The molecule has 0 aliphatic heterocycles. The highest BCUT2D eigenvalue weighted by atomic mass is 16.5. The third-order valence-corrected chi connectivity index (χ3v) is 4.15. The Morgan fingerprint density at radius 3 is 2.43 bits per heavy atom. The van der Waals surface area contributed by atoms with Crippen molar-refractivity contribution >= 4 is 6.21 Å². The lowest BCUT2D eigenvalue weighted by Crippen LogP contribution is -2.07. The van der Waals surface area contributed by atoms with Crippen LogP contribution in [0.4, 0.5) is 0 Å². The highest BCUT2D eigenvalue weighted by molar-refractivity contribution is 5.83. The SMILES string of the molecule is COc1ccccc1CN/N=C\c1ccccc1OCc1ccc(C#N)cc1. The molecule has 3 aromatic rings. The Hall–Kier alpha value is -3.78. The Bertz CT molecular complexity index is 976. The van der Waals surface area contributed by atoms with Gasteiger partial charge in [0.25, 0.3) is 0 Å². The van der Waals surface area contributed by atoms with Crippen LogP contribution in [0.5, 0.6) is 11.5 Å². The average molecular weight is 371 g/mol. The van der Waals surface area contributed by atoms with E-state index in [1.165, 1.54) is 0 Å². The van der Waals surface area contributed by atoms with Crippen molar-refractivity contribution < 1.29 is 9.47 Å². The molecule has 0 atom stereocenters. The summed E-state index contributed by atoms with van der Waals surface area (Å²) in [5.41, 5.74) is 6.59. The van der Waals surface area contributed by atoms with Crippen molar-refractivity contribution in [3.05, 3.63) is 95.1 Å². The first-order valence-electron chi connectivity index (χ1n) is 8.89. The first-order chi connectivity index (χ1) is 13.8. The number of nitrogens with zero attached hydrogens (tertiary/aromatic N) is 2. The second-order valence-corrected chi connectivity index (χ2v) is 6.04. The number of rotatable bonds is 8. The Morgan fingerprint density at radius 1 is 0.964 bits per heavy atom. The van der Waals surface area contributed by atoms with Crippen LogP contribution < -0.4 is 14.9 Å². The summed E-state index contributed by atoms with van der Waals surface area (Å²) in [4.78, 5) is 0. The minimum atomic E-state index is 0.422. The Balaban J connectivity index is 1.60. The van der Waals surface area contributed by atoms with Crippen LogP contribution in [0, 0.1) is 11.3 Å². The Kier molecular flexibility index (Phi) is 6.64. The van der Waals surface area contributed by atoms with Crippen molar-refractivity contribution in [2.75, 3.05) is 7.11 Å². The average Bonchev–Trinajstić information content (AvgIpc) is 2.76. The molecule has 5 heteroatoms. The molecule has 0 aliphatic rings. The van der Waals surface area contributed by atoms with Crippen molar-refractivity contribution in [2.24, 2.45) is 5.10 Å².